The Morgan fingerprint density at radius 2 is 1.89 bits per heavy atom. The quantitative estimate of drug-likeness (QED) is 0.316. The number of nitrogens with one attached hydrogen (secondary N) is 1. The van der Waals surface area contributed by atoms with Crippen molar-refractivity contribution in [2.45, 2.75) is 12.7 Å². The van der Waals surface area contributed by atoms with Gasteiger partial charge < -0.3 is 9.30 Å². The molecule has 3 heterocycles. The molecular formula is C24H16ClF3N4O3S. The van der Waals surface area contributed by atoms with Crippen LogP contribution in [0.5, 0.6) is 11.5 Å². The minimum absolute atomic E-state index is 0.0255. The van der Waals surface area contributed by atoms with E-state index >= 15 is 0 Å². The fourth-order valence-corrected chi connectivity index (χ4v) is 4.95. The number of hydrogen-bond acceptors (Lipinski definition) is 5. The number of aromatic nitrogens is 4. The molecular weight excluding hydrogens is 517 g/mol. The van der Waals surface area contributed by atoms with Crippen molar-refractivity contribution in [3.8, 4) is 21.9 Å². The van der Waals surface area contributed by atoms with Crippen molar-refractivity contribution in [2.24, 2.45) is 7.05 Å². The Morgan fingerprint density at radius 1 is 1.11 bits per heavy atom. The van der Waals surface area contributed by atoms with Gasteiger partial charge in [0.15, 0.2) is 5.82 Å². The monoisotopic (exact) mass is 532 g/mol. The van der Waals surface area contributed by atoms with Gasteiger partial charge in [-0.25, -0.2) is 9.89 Å². The van der Waals surface area contributed by atoms with Crippen LogP contribution in [0.25, 0.3) is 20.5 Å². The number of nitrogens with zero attached hydrogens (tertiary/aromatic N) is 3. The van der Waals surface area contributed by atoms with Gasteiger partial charge in [0.2, 0.25) is 5.75 Å². The summed E-state index contributed by atoms with van der Waals surface area (Å²) in [5.41, 5.74) is -2.16. The third-order valence-electron chi connectivity index (χ3n) is 5.51. The first-order chi connectivity index (χ1) is 17.1. The second-order valence-corrected chi connectivity index (χ2v) is 9.44. The zero-order valence-corrected chi connectivity index (χ0v) is 20.0. The third kappa shape index (κ3) is 4.54. The summed E-state index contributed by atoms with van der Waals surface area (Å²) in [6.45, 7) is -0.245. The van der Waals surface area contributed by atoms with Crippen LogP contribution in [0.15, 0.2) is 70.4 Å². The summed E-state index contributed by atoms with van der Waals surface area (Å²) in [5.74, 6) is -0.778. The van der Waals surface area contributed by atoms with Crippen molar-refractivity contribution >= 4 is 33.0 Å². The van der Waals surface area contributed by atoms with Crippen molar-refractivity contribution in [1.82, 2.24) is 19.3 Å². The van der Waals surface area contributed by atoms with Crippen LogP contribution in [0.1, 0.15) is 11.4 Å². The normalized spacial score (nSPS) is 11.8. The van der Waals surface area contributed by atoms with E-state index in [1.807, 2.05) is 30.3 Å². The number of hydrogen-bond donors (Lipinski definition) is 1. The van der Waals surface area contributed by atoms with Gasteiger partial charge >= 0.3 is 11.9 Å². The first-order valence-electron chi connectivity index (χ1n) is 10.5. The molecule has 7 nitrogen and oxygen atoms in total. The van der Waals surface area contributed by atoms with Crippen LogP contribution in [0.4, 0.5) is 13.2 Å². The number of benzene rings is 2. The Bertz CT molecular complexity index is 1690. The van der Waals surface area contributed by atoms with Crippen molar-refractivity contribution in [2.75, 3.05) is 0 Å². The van der Waals surface area contributed by atoms with Crippen LogP contribution in [0.2, 0.25) is 5.02 Å². The van der Waals surface area contributed by atoms with Gasteiger partial charge in [-0.15, -0.1) is 11.3 Å². The standard InChI is InChI=1S/C24H16ClF3N4O3S/c1-31-20(29-30-23(31)34)12-32-7-6-17(24(26,27)28)21(22(32)33)35-16-9-14(8-15(25)11-16)19-10-13-4-2-3-5-18(13)36-19/h2-11H,12H2,1H3,(H,30,34). The number of halogens is 4. The summed E-state index contributed by atoms with van der Waals surface area (Å²) in [4.78, 5) is 25.6. The molecule has 184 valence electrons. The number of aromatic amines is 1. The van der Waals surface area contributed by atoms with Crippen LogP contribution < -0.4 is 16.0 Å². The average Bonchev–Trinajstić information content (AvgIpc) is 3.39. The molecule has 5 aromatic rings. The lowest BCUT2D eigenvalue weighted by atomic mass is 10.1. The second kappa shape index (κ2) is 8.99. The number of pyridine rings is 1. The van der Waals surface area contributed by atoms with Crippen molar-refractivity contribution < 1.29 is 17.9 Å². The molecule has 0 spiro atoms. The molecule has 0 radical (unpaired) electrons. The highest BCUT2D eigenvalue weighted by Crippen LogP contribution is 2.39. The molecule has 0 atom stereocenters. The maximum Gasteiger partial charge on any atom is 0.420 e. The molecule has 0 saturated heterocycles. The fraction of sp³-hybridized carbons (Fsp3) is 0.125. The van der Waals surface area contributed by atoms with E-state index in [1.165, 1.54) is 30.5 Å². The van der Waals surface area contributed by atoms with Gasteiger partial charge in [-0.1, -0.05) is 29.8 Å². The number of rotatable bonds is 5. The van der Waals surface area contributed by atoms with Gasteiger partial charge in [0.25, 0.3) is 5.56 Å². The lowest BCUT2D eigenvalue weighted by molar-refractivity contribution is -0.138. The van der Waals surface area contributed by atoms with E-state index in [9.17, 15) is 22.8 Å². The van der Waals surface area contributed by atoms with Crippen LogP contribution in [-0.4, -0.2) is 19.3 Å². The third-order valence-corrected chi connectivity index (χ3v) is 6.90. The molecule has 5 rings (SSSR count). The Kier molecular flexibility index (Phi) is 5.97. The molecule has 0 amide bonds. The second-order valence-electron chi connectivity index (χ2n) is 7.92. The van der Waals surface area contributed by atoms with Gasteiger partial charge in [-0.3, -0.25) is 9.36 Å². The summed E-state index contributed by atoms with van der Waals surface area (Å²) in [5, 5.41) is 7.26. The molecule has 3 aromatic heterocycles. The maximum absolute atomic E-state index is 13.8. The molecule has 0 unspecified atom stereocenters. The zero-order valence-electron chi connectivity index (χ0n) is 18.5. The van der Waals surface area contributed by atoms with E-state index in [0.29, 0.717) is 5.56 Å². The Hall–Kier alpha value is -3.83. The van der Waals surface area contributed by atoms with E-state index in [2.05, 4.69) is 10.2 Å². The maximum atomic E-state index is 13.8. The number of H-pyrrole nitrogens is 1. The average molecular weight is 533 g/mol. The van der Waals surface area contributed by atoms with E-state index in [0.717, 1.165) is 36.4 Å². The van der Waals surface area contributed by atoms with E-state index in [4.69, 9.17) is 16.3 Å². The molecule has 0 aliphatic rings. The molecule has 0 aliphatic heterocycles. The lowest BCUT2D eigenvalue weighted by Gasteiger charge is -2.16. The Morgan fingerprint density at radius 3 is 2.58 bits per heavy atom. The molecule has 0 fully saturated rings. The summed E-state index contributed by atoms with van der Waals surface area (Å²) < 4.78 is 50.1. The molecule has 2 aromatic carbocycles. The number of ether oxygens (including phenoxy) is 1. The summed E-state index contributed by atoms with van der Waals surface area (Å²) in [6.07, 6.45) is -3.86. The fourth-order valence-electron chi connectivity index (χ4n) is 3.68. The van der Waals surface area contributed by atoms with E-state index in [1.54, 1.807) is 6.07 Å². The molecule has 0 bridgehead atoms. The minimum atomic E-state index is -4.85. The van der Waals surface area contributed by atoms with E-state index < -0.39 is 28.7 Å². The highest BCUT2D eigenvalue weighted by atomic mass is 35.5. The summed E-state index contributed by atoms with van der Waals surface area (Å²) in [6, 6.07) is 15.0. The van der Waals surface area contributed by atoms with Crippen LogP contribution in [0.3, 0.4) is 0 Å². The molecule has 0 aliphatic carbocycles. The summed E-state index contributed by atoms with van der Waals surface area (Å²) in [7, 11) is 1.43. The first kappa shape index (κ1) is 23.9. The zero-order chi connectivity index (χ0) is 25.6. The van der Waals surface area contributed by atoms with Crippen LogP contribution in [0, 0.1) is 0 Å². The largest absolute Gasteiger partial charge is 0.451 e. The topological polar surface area (TPSA) is 81.9 Å². The SMILES string of the molecule is Cn1c(Cn2ccc(C(F)(F)F)c(Oc3cc(Cl)cc(-c4cc5ccccc5s4)c3)c2=O)n[nH]c1=O. The number of fused-ring (bicyclic) bond motifs is 1. The highest BCUT2D eigenvalue weighted by molar-refractivity contribution is 7.22. The molecule has 12 heteroatoms. The molecule has 0 saturated carbocycles. The Labute approximate surface area is 210 Å². The predicted octanol–water partition coefficient (Wildman–Crippen LogP) is 5.66. The smallest absolute Gasteiger partial charge is 0.420 e. The number of alkyl halides is 3. The minimum Gasteiger partial charge on any atom is -0.451 e. The van der Waals surface area contributed by atoms with E-state index in [-0.39, 0.29) is 23.1 Å². The number of thiophene rings is 1. The van der Waals surface area contributed by atoms with Crippen molar-refractivity contribution in [1.29, 1.82) is 0 Å². The van der Waals surface area contributed by atoms with Crippen LogP contribution in [-0.2, 0) is 19.8 Å². The van der Waals surface area contributed by atoms with Gasteiger partial charge in [0.05, 0.1) is 6.54 Å². The van der Waals surface area contributed by atoms with Gasteiger partial charge in [0.1, 0.15) is 11.3 Å². The van der Waals surface area contributed by atoms with Crippen molar-refractivity contribution in [3.05, 3.63) is 98.0 Å². The first-order valence-corrected chi connectivity index (χ1v) is 11.7. The van der Waals surface area contributed by atoms with Gasteiger partial charge in [0, 0.05) is 27.8 Å². The lowest BCUT2D eigenvalue weighted by Crippen LogP contribution is -2.26. The highest BCUT2D eigenvalue weighted by Gasteiger charge is 2.36. The predicted molar refractivity (Wildman–Crippen MR) is 131 cm³/mol. The van der Waals surface area contributed by atoms with Crippen molar-refractivity contribution in [3.63, 3.8) is 0 Å². The molecule has 36 heavy (non-hydrogen) atoms. The van der Waals surface area contributed by atoms with Gasteiger partial charge in [-0.2, -0.15) is 18.3 Å². The summed E-state index contributed by atoms with van der Waals surface area (Å²) >= 11 is 7.76. The van der Waals surface area contributed by atoms with Gasteiger partial charge in [-0.05, 0) is 47.3 Å². The Balaban J connectivity index is 1.58. The van der Waals surface area contributed by atoms with Crippen LogP contribution >= 0.6 is 22.9 Å². The molecule has 1 N–H and O–H groups in total.